The first kappa shape index (κ1) is 30.6. The molecule has 252 valence electrons. The van der Waals surface area contributed by atoms with Gasteiger partial charge in [-0.05, 0) is 89.0 Å². The second kappa shape index (κ2) is 12.3. The molecule has 5 nitrogen and oxygen atoms in total. The Morgan fingerprint density at radius 2 is 1.42 bits per heavy atom. The first-order valence-corrected chi connectivity index (χ1v) is 19.6. The molecule has 53 heavy (non-hydrogen) atoms. The molecular weight excluding hydrogens is 689 g/mol. The number of aromatic nitrogens is 4. The van der Waals surface area contributed by atoms with Crippen molar-refractivity contribution in [2.75, 3.05) is 0 Å². The highest BCUT2D eigenvalue weighted by molar-refractivity contribution is 7.19. The minimum atomic E-state index is 0.0279. The van der Waals surface area contributed by atoms with Crippen molar-refractivity contribution < 1.29 is 4.42 Å². The normalized spacial score (nSPS) is 15.2. The lowest BCUT2D eigenvalue weighted by molar-refractivity contribution is 0.620. The molecule has 0 radical (unpaired) electrons. The first-order valence-electron chi connectivity index (χ1n) is 18.0. The average molecular weight is 719 g/mol. The lowest BCUT2D eigenvalue weighted by atomic mass is 9.91. The fourth-order valence-corrected chi connectivity index (χ4v) is 10.4. The summed E-state index contributed by atoms with van der Waals surface area (Å²) in [6.07, 6.45) is 9.68. The van der Waals surface area contributed by atoms with Gasteiger partial charge in [-0.3, -0.25) is 0 Å². The Bertz CT molecular complexity index is 3030. The molecule has 0 N–H and O–H groups in total. The SMILES string of the molecule is C1=Cc2c(sc3ccc(-c4cccc(-c5nc6ccccc6o5)c4)cc23)C(c2nc(C3=c4sc5ccccc5c4=CCC3)nc(-c3ccccc3)n2)C1. The predicted octanol–water partition coefficient (Wildman–Crippen LogP) is 10.8. The van der Waals surface area contributed by atoms with Crippen LogP contribution in [0.15, 0.2) is 132 Å². The van der Waals surface area contributed by atoms with E-state index in [1.54, 1.807) is 0 Å². The van der Waals surface area contributed by atoms with Crippen LogP contribution in [-0.2, 0) is 0 Å². The summed E-state index contributed by atoms with van der Waals surface area (Å²) in [4.78, 5) is 21.8. The molecule has 2 aliphatic carbocycles. The fourth-order valence-electron chi connectivity index (χ4n) is 7.80. The van der Waals surface area contributed by atoms with E-state index in [1.807, 2.05) is 53.0 Å². The van der Waals surface area contributed by atoms with Crippen LogP contribution in [0.25, 0.3) is 83.0 Å². The number of nitrogens with zero attached hydrogens (tertiary/aromatic N) is 4. The minimum Gasteiger partial charge on any atom is -0.436 e. The Balaban J connectivity index is 1.03. The maximum atomic E-state index is 6.11. The summed E-state index contributed by atoms with van der Waals surface area (Å²) in [5.41, 5.74) is 8.38. The van der Waals surface area contributed by atoms with Crippen molar-refractivity contribution in [1.29, 1.82) is 0 Å². The third-order valence-corrected chi connectivity index (χ3v) is 12.9. The minimum absolute atomic E-state index is 0.0279. The van der Waals surface area contributed by atoms with Gasteiger partial charge in [-0.2, -0.15) is 0 Å². The average Bonchev–Trinajstić information content (AvgIpc) is 3.94. The number of hydrogen-bond donors (Lipinski definition) is 0. The Morgan fingerprint density at radius 3 is 2.36 bits per heavy atom. The van der Waals surface area contributed by atoms with Gasteiger partial charge in [0.15, 0.2) is 17.2 Å². The summed E-state index contributed by atoms with van der Waals surface area (Å²) in [5, 5.41) is 3.88. The van der Waals surface area contributed by atoms with Gasteiger partial charge in [0.1, 0.15) is 11.3 Å². The van der Waals surface area contributed by atoms with Crippen molar-refractivity contribution in [3.8, 4) is 34.0 Å². The van der Waals surface area contributed by atoms with Gasteiger partial charge in [-0.15, -0.1) is 22.7 Å². The molecular formula is C46H30N4OS2. The molecule has 7 heteroatoms. The number of benzene rings is 5. The van der Waals surface area contributed by atoms with E-state index in [-0.39, 0.29) is 5.92 Å². The molecule has 4 aromatic heterocycles. The molecule has 0 spiro atoms. The molecule has 0 bridgehead atoms. The van der Waals surface area contributed by atoms with Gasteiger partial charge < -0.3 is 4.42 Å². The smallest absolute Gasteiger partial charge is 0.227 e. The lowest BCUT2D eigenvalue weighted by Gasteiger charge is -2.19. The Morgan fingerprint density at radius 1 is 0.623 bits per heavy atom. The van der Waals surface area contributed by atoms with E-state index in [4.69, 9.17) is 24.4 Å². The Hall–Kier alpha value is -6.02. The number of oxazole rings is 1. The van der Waals surface area contributed by atoms with Gasteiger partial charge >= 0.3 is 0 Å². The van der Waals surface area contributed by atoms with Crippen LogP contribution in [0.3, 0.4) is 0 Å². The maximum absolute atomic E-state index is 6.11. The highest BCUT2D eigenvalue weighted by Gasteiger charge is 2.28. The van der Waals surface area contributed by atoms with Gasteiger partial charge in [0.05, 0.1) is 5.92 Å². The topological polar surface area (TPSA) is 64.7 Å². The Kier molecular flexibility index (Phi) is 7.10. The summed E-state index contributed by atoms with van der Waals surface area (Å²) in [6, 6.07) is 42.2. The standard InChI is InChI=1S/C46H30N4OS2/c1-2-11-27(12-3-1)43-48-44(34-18-9-16-32-31-15-4-7-22-39(31)52-41(32)34)50-45(49-43)35-19-10-17-33-36-26-29(23-24-40(36)53-42(33)35)28-13-8-14-30(25-28)46-47-37-20-5-6-21-38(37)51-46/h1-8,10-17,20-26,35H,9,18-19H2. The van der Waals surface area contributed by atoms with Crippen LogP contribution in [0.1, 0.15) is 47.3 Å². The molecule has 2 aliphatic rings. The van der Waals surface area contributed by atoms with Crippen LogP contribution < -0.4 is 9.75 Å². The summed E-state index contributed by atoms with van der Waals surface area (Å²) in [7, 11) is 0. The van der Waals surface area contributed by atoms with E-state index >= 15 is 0 Å². The number of allylic oxidation sites excluding steroid dienone is 1. The maximum Gasteiger partial charge on any atom is 0.227 e. The zero-order valence-corrected chi connectivity index (χ0v) is 30.1. The molecule has 9 aromatic rings. The van der Waals surface area contributed by atoms with E-state index in [9.17, 15) is 0 Å². The van der Waals surface area contributed by atoms with E-state index in [0.29, 0.717) is 5.89 Å². The number of para-hydroxylation sites is 2. The fraction of sp³-hybridized carbons (Fsp3) is 0.0870. The lowest BCUT2D eigenvalue weighted by Crippen LogP contribution is -2.26. The van der Waals surface area contributed by atoms with Crippen LogP contribution in [-0.4, -0.2) is 19.9 Å². The van der Waals surface area contributed by atoms with Gasteiger partial charge in [-0.25, -0.2) is 19.9 Å². The molecule has 0 saturated carbocycles. The van der Waals surface area contributed by atoms with E-state index in [1.165, 1.54) is 45.9 Å². The van der Waals surface area contributed by atoms with Gasteiger partial charge in [-0.1, -0.05) is 97.1 Å². The highest BCUT2D eigenvalue weighted by Crippen LogP contribution is 2.45. The highest BCUT2D eigenvalue weighted by atomic mass is 32.1. The van der Waals surface area contributed by atoms with Crippen LogP contribution in [0, 0.1) is 0 Å². The zero-order valence-electron chi connectivity index (χ0n) is 28.5. The van der Waals surface area contributed by atoms with E-state index in [2.05, 4.69) is 109 Å². The molecule has 0 fully saturated rings. The largest absolute Gasteiger partial charge is 0.436 e. The number of rotatable bonds is 5. The van der Waals surface area contributed by atoms with Crippen LogP contribution in [0.4, 0.5) is 0 Å². The van der Waals surface area contributed by atoms with E-state index < -0.39 is 0 Å². The molecule has 11 rings (SSSR count). The molecule has 4 heterocycles. The molecule has 1 atom stereocenters. The third kappa shape index (κ3) is 5.18. The molecule has 0 amide bonds. The van der Waals surface area contributed by atoms with Crippen molar-refractivity contribution in [1.82, 2.24) is 19.9 Å². The summed E-state index contributed by atoms with van der Waals surface area (Å²) < 4.78 is 9.95. The van der Waals surface area contributed by atoms with Gasteiger partial charge in [0, 0.05) is 40.9 Å². The van der Waals surface area contributed by atoms with Crippen molar-refractivity contribution in [3.05, 3.63) is 159 Å². The predicted molar refractivity (Wildman–Crippen MR) is 218 cm³/mol. The van der Waals surface area contributed by atoms with Crippen LogP contribution in [0.5, 0.6) is 0 Å². The number of thiophene rings is 2. The van der Waals surface area contributed by atoms with Crippen molar-refractivity contribution >= 4 is 71.7 Å². The second-order valence-corrected chi connectivity index (χ2v) is 15.8. The number of fused-ring (bicyclic) bond motifs is 7. The molecule has 0 aliphatic heterocycles. The Labute approximate surface area is 313 Å². The van der Waals surface area contributed by atoms with Crippen molar-refractivity contribution in [2.45, 2.75) is 25.2 Å². The van der Waals surface area contributed by atoms with Gasteiger partial charge in [0.2, 0.25) is 5.89 Å². The zero-order chi connectivity index (χ0) is 34.9. The molecule has 0 saturated heterocycles. The quantitative estimate of drug-likeness (QED) is 0.177. The molecule has 1 unspecified atom stereocenters. The summed E-state index contributed by atoms with van der Waals surface area (Å²) >= 11 is 3.71. The van der Waals surface area contributed by atoms with Crippen LogP contribution in [0.2, 0.25) is 0 Å². The van der Waals surface area contributed by atoms with Crippen molar-refractivity contribution in [3.63, 3.8) is 0 Å². The van der Waals surface area contributed by atoms with Crippen LogP contribution >= 0.6 is 22.7 Å². The number of hydrogen-bond acceptors (Lipinski definition) is 7. The van der Waals surface area contributed by atoms with Gasteiger partial charge in [0.25, 0.3) is 0 Å². The monoisotopic (exact) mass is 718 g/mol. The van der Waals surface area contributed by atoms with E-state index in [0.717, 1.165) is 70.1 Å². The first-order chi connectivity index (χ1) is 26.2. The second-order valence-electron chi connectivity index (χ2n) is 13.6. The third-order valence-electron chi connectivity index (χ3n) is 10.4. The molecule has 5 aromatic carbocycles. The van der Waals surface area contributed by atoms with Crippen molar-refractivity contribution in [2.24, 2.45) is 0 Å². The summed E-state index contributed by atoms with van der Waals surface area (Å²) in [5.74, 6) is 3.02. The summed E-state index contributed by atoms with van der Waals surface area (Å²) in [6.45, 7) is 0.